The molecule has 0 aliphatic carbocycles. The van der Waals surface area contributed by atoms with Crippen LogP contribution in [0.4, 0.5) is 9.52 Å². The van der Waals surface area contributed by atoms with Gasteiger partial charge in [-0.25, -0.2) is 9.37 Å². The molecule has 1 aromatic carbocycles. The number of aromatic nitrogens is 1. The van der Waals surface area contributed by atoms with Gasteiger partial charge in [-0.15, -0.1) is 11.3 Å². The van der Waals surface area contributed by atoms with Crippen molar-refractivity contribution in [2.75, 3.05) is 5.73 Å². The molecular formula is C15H19FN2S. The highest BCUT2D eigenvalue weighted by molar-refractivity contribution is 7.15. The number of hydrogen-bond acceptors (Lipinski definition) is 3. The summed E-state index contributed by atoms with van der Waals surface area (Å²) < 4.78 is 13.4. The van der Waals surface area contributed by atoms with Gasteiger partial charge in [0.05, 0.1) is 5.69 Å². The van der Waals surface area contributed by atoms with E-state index in [1.807, 2.05) is 13.0 Å². The summed E-state index contributed by atoms with van der Waals surface area (Å²) in [4.78, 5) is 5.56. The van der Waals surface area contributed by atoms with Gasteiger partial charge in [-0.05, 0) is 30.2 Å². The van der Waals surface area contributed by atoms with Crippen molar-refractivity contribution >= 4 is 16.5 Å². The minimum Gasteiger partial charge on any atom is -0.375 e. The molecule has 0 spiro atoms. The summed E-state index contributed by atoms with van der Waals surface area (Å²) in [5.74, 6) is -0.199. The topological polar surface area (TPSA) is 38.9 Å². The highest BCUT2D eigenvalue weighted by atomic mass is 32.1. The number of benzene rings is 1. The Morgan fingerprint density at radius 2 is 2.00 bits per heavy atom. The number of halogens is 1. The minimum absolute atomic E-state index is 0.0509. The Labute approximate surface area is 117 Å². The Balaban J connectivity index is 2.41. The van der Waals surface area contributed by atoms with E-state index in [2.05, 4.69) is 25.8 Å². The maximum atomic E-state index is 13.4. The number of nitrogen functional groups attached to an aromatic ring is 1. The van der Waals surface area contributed by atoms with Gasteiger partial charge in [0.15, 0.2) is 5.13 Å². The van der Waals surface area contributed by atoms with Gasteiger partial charge in [0, 0.05) is 16.7 Å². The van der Waals surface area contributed by atoms with Crippen LogP contribution >= 0.6 is 11.3 Å². The van der Waals surface area contributed by atoms with E-state index in [9.17, 15) is 4.39 Å². The summed E-state index contributed by atoms with van der Waals surface area (Å²) in [6.07, 6.45) is 0.686. The third-order valence-electron chi connectivity index (χ3n) is 3.09. The summed E-state index contributed by atoms with van der Waals surface area (Å²) in [6.45, 7) is 8.34. The fourth-order valence-electron chi connectivity index (χ4n) is 2.08. The van der Waals surface area contributed by atoms with Crippen molar-refractivity contribution in [1.82, 2.24) is 4.98 Å². The summed E-state index contributed by atoms with van der Waals surface area (Å²) in [5, 5.41) is 0.578. The first-order valence-corrected chi connectivity index (χ1v) is 7.09. The summed E-state index contributed by atoms with van der Waals surface area (Å²) in [5.41, 5.74) is 8.88. The molecule has 4 heteroatoms. The van der Waals surface area contributed by atoms with Crippen LogP contribution in [0.3, 0.4) is 0 Å². The average Bonchev–Trinajstić information content (AvgIpc) is 2.65. The van der Waals surface area contributed by atoms with E-state index >= 15 is 0 Å². The Morgan fingerprint density at radius 3 is 2.63 bits per heavy atom. The first-order valence-electron chi connectivity index (χ1n) is 6.28. The first kappa shape index (κ1) is 14.0. The highest BCUT2D eigenvalue weighted by Crippen LogP contribution is 2.32. The number of nitrogens with two attached hydrogens (primary N) is 1. The lowest BCUT2D eigenvalue weighted by atomic mass is 9.89. The molecule has 19 heavy (non-hydrogen) atoms. The lowest BCUT2D eigenvalue weighted by molar-refractivity contribution is 0.568. The van der Waals surface area contributed by atoms with Gasteiger partial charge in [-0.3, -0.25) is 0 Å². The average molecular weight is 278 g/mol. The molecule has 0 bridgehead atoms. The molecular weight excluding hydrogens is 259 g/mol. The maximum absolute atomic E-state index is 13.4. The van der Waals surface area contributed by atoms with E-state index < -0.39 is 0 Å². The van der Waals surface area contributed by atoms with E-state index in [4.69, 9.17) is 5.73 Å². The lowest BCUT2D eigenvalue weighted by Gasteiger charge is -2.18. The Hall–Kier alpha value is -1.42. The normalized spacial score (nSPS) is 11.8. The second kappa shape index (κ2) is 4.93. The van der Waals surface area contributed by atoms with Gasteiger partial charge in [0.2, 0.25) is 0 Å². The van der Waals surface area contributed by atoms with Crippen LogP contribution in [-0.4, -0.2) is 4.98 Å². The van der Waals surface area contributed by atoms with E-state index in [-0.39, 0.29) is 11.2 Å². The smallest absolute Gasteiger partial charge is 0.180 e. The molecule has 0 amide bonds. The number of hydrogen-bond donors (Lipinski definition) is 1. The lowest BCUT2D eigenvalue weighted by Crippen LogP contribution is -2.14. The zero-order valence-corrected chi connectivity index (χ0v) is 12.6. The third-order valence-corrected chi connectivity index (χ3v) is 3.97. The van der Waals surface area contributed by atoms with Crippen molar-refractivity contribution in [1.29, 1.82) is 0 Å². The molecule has 102 valence electrons. The predicted octanol–water partition coefficient (Wildman–Crippen LogP) is 4.06. The second-order valence-electron chi connectivity index (χ2n) is 5.82. The van der Waals surface area contributed by atoms with Gasteiger partial charge < -0.3 is 5.73 Å². The molecule has 0 saturated carbocycles. The van der Waals surface area contributed by atoms with Crippen LogP contribution in [0.2, 0.25) is 0 Å². The van der Waals surface area contributed by atoms with E-state index in [1.165, 1.54) is 17.4 Å². The van der Waals surface area contributed by atoms with E-state index in [0.29, 0.717) is 11.6 Å². The minimum atomic E-state index is -0.199. The van der Waals surface area contributed by atoms with Gasteiger partial charge in [-0.1, -0.05) is 26.8 Å². The van der Waals surface area contributed by atoms with Crippen LogP contribution in [0.15, 0.2) is 18.2 Å². The summed E-state index contributed by atoms with van der Waals surface area (Å²) >= 11 is 1.49. The molecule has 0 aliphatic heterocycles. The van der Waals surface area contributed by atoms with Crippen molar-refractivity contribution in [2.24, 2.45) is 0 Å². The second-order valence-corrected chi connectivity index (χ2v) is 6.94. The molecule has 2 aromatic rings. The quantitative estimate of drug-likeness (QED) is 0.899. The molecule has 2 rings (SSSR count). The van der Waals surface area contributed by atoms with Crippen molar-refractivity contribution < 1.29 is 4.39 Å². The van der Waals surface area contributed by atoms with Gasteiger partial charge in [-0.2, -0.15) is 0 Å². The molecule has 0 aliphatic rings. The Morgan fingerprint density at radius 1 is 1.32 bits per heavy atom. The van der Waals surface area contributed by atoms with Crippen LogP contribution in [0.25, 0.3) is 0 Å². The molecule has 0 unspecified atom stereocenters. The van der Waals surface area contributed by atoms with Crippen LogP contribution in [0, 0.1) is 12.7 Å². The number of aryl methyl sites for hydroxylation is 1. The number of rotatable bonds is 2. The molecule has 2 nitrogen and oxygen atoms in total. The van der Waals surface area contributed by atoms with E-state index in [1.54, 1.807) is 6.07 Å². The van der Waals surface area contributed by atoms with Crippen LogP contribution in [0.1, 0.15) is 42.5 Å². The highest BCUT2D eigenvalue weighted by Gasteiger charge is 2.23. The fourth-order valence-corrected chi connectivity index (χ4v) is 3.14. The summed E-state index contributed by atoms with van der Waals surface area (Å²) in [7, 11) is 0. The zero-order valence-electron chi connectivity index (χ0n) is 11.7. The molecule has 1 aromatic heterocycles. The molecule has 0 saturated heterocycles. The largest absolute Gasteiger partial charge is 0.375 e. The standard InChI is InChI=1S/C15H19FN2S/c1-9-5-6-11(16)7-10(9)8-12-13(15(2,3)4)18-14(17)19-12/h5-7H,8H2,1-4H3,(H2,17,18). The SMILES string of the molecule is Cc1ccc(F)cc1Cc1sc(N)nc1C(C)(C)C. The van der Waals surface area contributed by atoms with Crippen molar-refractivity contribution in [2.45, 2.75) is 39.5 Å². The zero-order chi connectivity index (χ0) is 14.2. The van der Waals surface area contributed by atoms with Gasteiger partial charge in [0.1, 0.15) is 5.82 Å². The number of anilines is 1. The fraction of sp³-hybridized carbons (Fsp3) is 0.400. The Bertz CT molecular complexity index is 597. The molecule has 0 atom stereocenters. The molecule has 0 radical (unpaired) electrons. The Kier molecular flexibility index (Phi) is 3.63. The van der Waals surface area contributed by atoms with E-state index in [0.717, 1.165) is 21.7 Å². The number of nitrogens with zero attached hydrogens (tertiary/aromatic N) is 1. The first-order chi connectivity index (χ1) is 8.77. The van der Waals surface area contributed by atoms with Crippen LogP contribution in [0.5, 0.6) is 0 Å². The van der Waals surface area contributed by atoms with Gasteiger partial charge in [0.25, 0.3) is 0 Å². The van der Waals surface area contributed by atoms with Crippen LogP contribution < -0.4 is 5.73 Å². The predicted molar refractivity (Wildman–Crippen MR) is 79.2 cm³/mol. The van der Waals surface area contributed by atoms with Gasteiger partial charge >= 0.3 is 0 Å². The molecule has 2 N–H and O–H groups in total. The maximum Gasteiger partial charge on any atom is 0.180 e. The monoisotopic (exact) mass is 278 g/mol. The van der Waals surface area contributed by atoms with Crippen molar-refractivity contribution in [3.05, 3.63) is 45.7 Å². The third kappa shape index (κ3) is 3.13. The molecule has 1 heterocycles. The number of thiazole rings is 1. The van der Waals surface area contributed by atoms with Crippen LogP contribution in [-0.2, 0) is 11.8 Å². The summed E-state index contributed by atoms with van der Waals surface area (Å²) in [6, 6.07) is 4.90. The van der Waals surface area contributed by atoms with Crippen molar-refractivity contribution in [3.8, 4) is 0 Å². The molecule has 0 fully saturated rings. The van der Waals surface area contributed by atoms with Crippen molar-refractivity contribution in [3.63, 3.8) is 0 Å².